The molecule has 88 valence electrons. The number of hydrogen-bond acceptors (Lipinski definition) is 3. The van der Waals surface area contributed by atoms with Gasteiger partial charge in [0.2, 0.25) is 0 Å². The maximum atomic E-state index is 5.62. The van der Waals surface area contributed by atoms with E-state index in [1.54, 1.807) is 0 Å². The second-order valence-corrected chi connectivity index (χ2v) is 5.07. The van der Waals surface area contributed by atoms with Crippen LogP contribution in [0.2, 0.25) is 0 Å². The van der Waals surface area contributed by atoms with Crippen LogP contribution in [-0.2, 0) is 4.74 Å². The molecule has 0 aromatic heterocycles. The fourth-order valence-electron chi connectivity index (χ4n) is 2.95. The fourth-order valence-corrected chi connectivity index (χ4v) is 2.95. The molecule has 0 amide bonds. The van der Waals surface area contributed by atoms with Crippen LogP contribution in [0.1, 0.15) is 26.2 Å². The summed E-state index contributed by atoms with van der Waals surface area (Å²) in [6, 6.07) is 1.23. The van der Waals surface area contributed by atoms with Gasteiger partial charge in [0.25, 0.3) is 0 Å². The molecule has 0 aromatic rings. The van der Waals surface area contributed by atoms with Crippen molar-refractivity contribution in [2.24, 2.45) is 5.92 Å². The Morgan fingerprint density at radius 1 is 1.33 bits per heavy atom. The first-order valence-electron chi connectivity index (χ1n) is 6.30. The van der Waals surface area contributed by atoms with E-state index in [0.29, 0.717) is 12.1 Å². The molecule has 2 aliphatic heterocycles. The van der Waals surface area contributed by atoms with E-state index in [1.165, 1.54) is 25.9 Å². The third-order valence-electron chi connectivity index (χ3n) is 3.85. The zero-order chi connectivity index (χ0) is 10.7. The van der Waals surface area contributed by atoms with Gasteiger partial charge in [0.1, 0.15) is 0 Å². The lowest BCUT2D eigenvalue weighted by Gasteiger charge is -2.43. The van der Waals surface area contributed by atoms with E-state index in [0.717, 1.165) is 25.6 Å². The highest BCUT2D eigenvalue weighted by molar-refractivity contribution is 4.88. The van der Waals surface area contributed by atoms with Crippen molar-refractivity contribution in [3.05, 3.63) is 0 Å². The molecule has 15 heavy (non-hydrogen) atoms. The van der Waals surface area contributed by atoms with Crippen molar-refractivity contribution in [1.82, 2.24) is 10.2 Å². The highest BCUT2D eigenvalue weighted by Crippen LogP contribution is 2.22. The van der Waals surface area contributed by atoms with Gasteiger partial charge in [-0.2, -0.15) is 0 Å². The highest BCUT2D eigenvalue weighted by Gasteiger charge is 2.31. The Labute approximate surface area is 93.2 Å². The Hall–Kier alpha value is -0.120. The second kappa shape index (κ2) is 5.28. The van der Waals surface area contributed by atoms with Crippen LogP contribution in [-0.4, -0.2) is 50.3 Å². The minimum absolute atomic E-state index is 0.603. The van der Waals surface area contributed by atoms with Crippen molar-refractivity contribution in [2.45, 2.75) is 38.3 Å². The van der Waals surface area contributed by atoms with Gasteiger partial charge in [0, 0.05) is 25.2 Å². The van der Waals surface area contributed by atoms with Gasteiger partial charge < -0.3 is 10.1 Å². The van der Waals surface area contributed by atoms with Crippen molar-refractivity contribution in [3.8, 4) is 0 Å². The zero-order valence-electron chi connectivity index (χ0n) is 10.0. The lowest BCUT2D eigenvalue weighted by atomic mass is 9.95. The van der Waals surface area contributed by atoms with Crippen molar-refractivity contribution in [3.63, 3.8) is 0 Å². The molecule has 0 aliphatic carbocycles. The number of nitrogens with one attached hydrogen (secondary N) is 1. The predicted molar refractivity (Wildman–Crippen MR) is 62.0 cm³/mol. The Morgan fingerprint density at radius 3 is 2.93 bits per heavy atom. The molecule has 1 N–H and O–H groups in total. The van der Waals surface area contributed by atoms with Gasteiger partial charge in [-0.25, -0.2) is 0 Å². The normalized spacial score (nSPS) is 39.2. The van der Waals surface area contributed by atoms with Crippen LogP contribution >= 0.6 is 0 Å². The van der Waals surface area contributed by atoms with Gasteiger partial charge in [-0.15, -0.1) is 0 Å². The molecule has 0 spiro atoms. The van der Waals surface area contributed by atoms with Crippen LogP contribution in [0.25, 0.3) is 0 Å². The molecular weight excluding hydrogens is 188 g/mol. The Morgan fingerprint density at radius 2 is 2.20 bits per heavy atom. The lowest BCUT2D eigenvalue weighted by molar-refractivity contribution is -0.0147. The average Bonchev–Trinajstić information content (AvgIpc) is 2.29. The monoisotopic (exact) mass is 212 g/mol. The molecule has 0 aromatic carbocycles. The largest absolute Gasteiger partial charge is 0.380 e. The maximum absolute atomic E-state index is 5.62. The molecule has 3 atom stereocenters. The molecular formula is C12H24N2O. The summed E-state index contributed by atoms with van der Waals surface area (Å²) < 4.78 is 5.62. The summed E-state index contributed by atoms with van der Waals surface area (Å²) >= 11 is 0. The van der Waals surface area contributed by atoms with Crippen LogP contribution in [0.5, 0.6) is 0 Å². The molecule has 3 nitrogen and oxygen atoms in total. The van der Waals surface area contributed by atoms with E-state index in [2.05, 4.69) is 24.2 Å². The molecule has 0 bridgehead atoms. The number of nitrogens with zero attached hydrogens (tertiary/aromatic N) is 1. The predicted octanol–water partition coefficient (Wildman–Crippen LogP) is 1.10. The molecule has 2 aliphatic rings. The fraction of sp³-hybridized carbons (Fsp3) is 1.00. The topological polar surface area (TPSA) is 24.5 Å². The summed E-state index contributed by atoms with van der Waals surface area (Å²) in [5.41, 5.74) is 0. The van der Waals surface area contributed by atoms with Gasteiger partial charge in [0.05, 0.1) is 6.61 Å². The smallest absolute Gasteiger partial charge is 0.0637 e. The first-order chi connectivity index (χ1) is 7.31. The van der Waals surface area contributed by atoms with Gasteiger partial charge in [-0.05, 0) is 38.8 Å². The molecule has 3 heteroatoms. The number of rotatable bonds is 2. The minimum Gasteiger partial charge on any atom is -0.380 e. The number of ether oxygens (including phenoxy) is 1. The van der Waals surface area contributed by atoms with Gasteiger partial charge in [-0.3, -0.25) is 4.90 Å². The lowest BCUT2D eigenvalue weighted by Crippen LogP contribution is -2.56. The van der Waals surface area contributed by atoms with Crippen LogP contribution in [0.3, 0.4) is 0 Å². The second-order valence-electron chi connectivity index (χ2n) is 5.07. The third kappa shape index (κ3) is 2.71. The zero-order valence-corrected chi connectivity index (χ0v) is 10.0. The van der Waals surface area contributed by atoms with E-state index in [1.807, 2.05) is 0 Å². The van der Waals surface area contributed by atoms with Crippen LogP contribution in [0.4, 0.5) is 0 Å². The molecule has 3 unspecified atom stereocenters. The van der Waals surface area contributed by atoms with Crippen molar-refractivity contribution in [1.29, 1.82) is 0 Å². The maximum Gasteiger partial charge on any atom is 0.0637 e. The van der Waals surface area contributed by atoms with Crippen molar-refractivity contribution >= 4 is 0 Å². The third-order valence-corrected chi connectivity index (χ3v) is 3.85. The number of likely N-dealkylation sites (N-methyl/N-ethyl adjacent to an activating group) is 1. The number of likely N-dealkylation sites (tertiary alicyclic amines) is 1. The molecule has 2 fully saturated rings. The van der Waals surface area contributed by atoms with Crippen molar-refractivity contribution < 1.29 is 4.74 Å². The van der Waals surface area contributed by atoms with Crippen LogP contribution in [0.15, 0.2) is 0 Å². The number of hydrogen-bond donors (Lipinski definition) is 1. The Kier molecular flexibility index (Phi) is 4.00. The first kappa shape index (κ1) is 11.4. The number of piperidine rings is 1. The van der Waals surface area contributed by atoms with Gasteiger partial charge in [0.15, 0.2) is 0 Å². The van der Waals surface area contributed by atoms with E-state index >= 15 is 0 Å². The summed E-state index contributed by atoms with van der Waals surface area (Å²) in [7, 11) is 2.08. The summed E-state index contributed by atoms with van der Waals surface area (Å²) in [4.78, 5) is 2.63. The molecule has 0 radical (unpaired) electrons. The van der Waals surface area contributed by atoms with Gasteiger partial charge in [-0.1, -0.05) is 6.92 Å². The quantitative estimate of drug-likeness (QED) is 0.742. The van der Waals surface area contributed by atoms with E-state index < -0.39 is 0 Å². The summed E-state index contributed by atoms with van der Waals surface area (Å²) in [6.07, 6.45) is 3.91. The van der Waals surface area contributed by atoms with Crippen LogP contribution < -0.4 is 5.32 Å². The highest BCUT2D eigenvalue weighted by atomic mass is 16.5. The minimum atomic E-state index is 0.603. The molecule has 2 saturated heterocycles. The Bertz CT molecular complexity index is 198. The van der Waals surface area contributed by atoms with E-state index in [4.69, 9.17) is 4.74 Å². The average molecular weight is 212 g/mol. The first-order valence-corrected chi connectivity index (χ1v) is 6.30. The van der Waals surface area contributed by atoms with Gasteiger partial charge >= 0.3 is 0 Å². The van der Waals surface area contributed by atoms with Crippen LogP contribution in [0, 0.1) is 5.92 Å². The molecule has 2 heterocycles. The SMILES string of the molecule is CNC1CCOCC1N1CCCC(C)C1. The summed E-state index contributed by atoms with van der Waals surface area (Å²) in [5.74, 6) is 0.859. The van der Waals surface area contributed by atoms with E-state index in [9.17, 15) is 0 Å². The van der Waals surface area contributed by atoms with Crippen molar-refractivity contribution in [2.75, 3.05) is 33.4 Å². The summed E-state index contributed by atoms with van der Waals surface area (Å²) in [6.45, 7) is 6.72. The van der Waals surface area contributed by atoms with E-state index in [-0.39, 0.29) is 0 Å². The molecule has 0 saturated carbocycles. The standard InChI is InChI=1S/C12H24N2O/c1-10-4-3-6-14(8-10)12-9-15-7-5-11(12)13-2/h10-13H,3-9H2,1-2H3. The Balaban J connectivity index is 1.94. The molecule has 2 rings (SSSR count). The summed E-state index contributed by atoms with van der Waals surface area (Å²) in [5, 5.41) is 3.44.